The Morgan fingerprint density at radius 2 is 2.00 bits per heavy atom. The lowest BCUT2D eigenvalue weighted by atomic mass is 10.1. The maximum Gasteiger partial charge on any atom is 0.346 e. The molecule has 1 rings (SSSR count). The van der Waals surface area contributed by atoms with Gasteiger partial charge in [-0.3, -0.25) is 10.1 Å². The first-order valence-corrected chi connectivity index (χ1v) is 6.35. The molecule has 1 N–H and O–H groups in total. The van der Waals surface area contributed by atoms with Gasteiger partial charge in [-0.1, -0.05) is 12.1 Å². The van der Waals surface area contributed by atoms with Crippen molar-refractivity contribution in [3.05, 3.63) is 45.6 Å². The second kappa shape index (κ2) is 7.39. The number of benzene rings is 1. The van der Waals surface area contributed by atoms with Crippen LogP contribution >= 0.6 is 0 Å². The van der Waals surface area contributed by atoms with Gasteiger partial charge in [0.1, 0.15) is 0 Å². The zero-order valence-corrected chi connectivity index (χ0v) is 12.1. The number of anilines is 1. The van der Waals surface area contributed by atoms with Crippen molar-refractivity contribution >= 4 is 17.7 Å². The van der Waals surface area contributed by atoms with E-state index in [2.05, 4.69) is 4.74 Å². The highest BCUT2D eigenvalue weighted by Crippen LogP contribution is 2.16. The maximum absolute atomic E-state index is 11.4. The van der Waals surface area contributed by atoms with Gasteiger partial charge in [0.05, 0.1) is 11.5 Å². The van der Waals surface area contributed by atoms with Crippen molar-refractivity contribution in [2.75, 3.05) is 25.6 Å². The third-order valence-corrected chi connectivity index (χ3v) is 2.72. The highest BCUT2D eigenvalue weighted by molar-refractivity contribution is 5.79. The number of aliphatic hydroxyl groups excluding tert-OH is 1. The summed E-state index contributed by atoms with van der Waals surface area (Å²) < 4.78 is 4.58. The molecule has 1 aromatic carbocycles. The fraction of sp³-hybridized carbons (Fsp3) is 0.357. The van der Waals surface area contributed by atoms with Gasteiger partial charge in [0.2, 0.25) is 6.10 Å². The summed E-state index contributed by atoms with van der Waals surface area (Å²) in [7, 11) is 3.75. The van der Waals surface area contributed by atoms with Gasteiger partial charge >= 0.3 is 5.97 Å². The Balaban J connectivity index is 3.04. The molecule has 0 aliphatic rings. The van der Waals surface area contributed by atoms with Crippen LogP contribution < -0.4 is 4.90 Å². The predicted octanol–water partition coefficient (Wildman–Crippen LogP) is 1.29. The molecule has 1 atom stereocenters. The highest BCUT2D eigenvalue weighted by atomic mass is 16.6. The SMILES string of the molecule is CCOC(=O)C(O)/C(=C/c1ccc(N(C)C)cc1)[N+](=O)[O-]. The summed E-state index contributed by atoms with van der Waals surface area (Å²) in [6, 6.07) is 6.88. The number of carbonyl (C=O) groups excluding carboxylic acids is 1. The fourth-order valence-corrected chi connectivity index (χ4v) is 1.61. The molecule has 7 nitrogen and oxygen atoms in total. The van der Waals surface area contributed by atoms with Crippen molar-refractivity contribution in [3.63, 3.8) is 0 Å². The van der Waals surface area contributed by atoms with Crippen LogP contribution in [0.1, 0.15) is 12.5 Å². The molecule has 0 radical (unpaired) electrons. The zero-order valence-electron chi connectivity index (χ0n) is 12.1. The molecule has 0 fully saturated rings. The molecule has 0 spiro atoms. The van der Waals surface area contributed by atoms with Crippen LogP contribution in [-0.4, -0.2) is 42.8 Å². The van der Waals surface area contributed by atoms with Gasteiger partial charge in [-0.15, -0.1) is 0 Å². The molecule has 0 aliphatic carbocycles. The molecule has 1 unspecified atom stereocenters. The molecule has 0 heterocycles. The van der Waals surface area contributed by atoms with Crippen LogP contribution in [0.3, 0.4) is 0 Å². The van der Waals surface area contributed by atoms with Crippen LogP contribution in [0.2, 0.25) is 0 Å². The van der Waals surface area contributed by atoms with Crippen molar-refractivity contribution in [1.29, 1.82) is 0 Å². The number of carbonyl (C=O) groups is 1. The minimum absolute atomic E-state index is 0.0401. The van der Waals surface area contributed by atoms with Crippen molar-refractivity contribution in [2.45, 2.75) is 13.0 Å². The number of rotatable bonds is 6. The largest absolute Gasteiger partial charge is 0.464 e. The lowest BCUT2D eigenvalue weighted by Gasteiger charge is -2.12. The average molecular weight is 294 g/mol. The Morgan fingerprint density at radius 1 is 1.43 bits per heavy atom. The fourth-order valence-electron chi connectivity index (χ4n) is 1.61. The minimum atomic E-state index is -1.91. The molecule has 0 aromatic heterocycles. The number of esters is 1. The van der Waals surface area contributed by atoms with Gasteiger partial charge in [-0.2, -0.15) is 0 Å². The first-order valence-electron chi connectivity index (χ1n) is 6.35. The van der Waals surface area contributed by atoms with E-state index in [4.69, 9.17) is 0 Å². The maximum atomic E-state index is 11.4. The van der Waals surface area contributed by atoms with Crippen LogP contribution in [0.15, 0.2) is 30.0 Å². The summed E-state index contributed by atoms with van der Waals surface area (Å²) in [5.41, 5.74) is 0.822. The van der Waals surface area contributed by atoms with Crippen molar-refractivity contribution in [3.8, 4) is 0 Å². The number of ether oxygens (including phenoxy) is 1. The topological polar surface area (TPSA) is 92.9 Å². The van der Waals surface area contributed by atoms with Gasteiger partial charge in [0, 0.05) is 25.9 Å². The normalized spacial score (nSPS) is 12.7. The van der Waals surface area contributed by atoms with Crippen molar-refractivity contribution in [2.24, 2.45) is 0 Å². The van der Waals surface area contributed by atoms with Gasteiger partial charge < -0.3 is 14.7 Å². The summed E-state index contributed by atoms with van der Waals surface area (Å²) in [5, 5.41) is 20.7. The third-order valence-electron chi connectivity index (χ3n) is 2.72. The van der Waals surface area contributed by atoms with E-state index in [1.165, 1.54) is 0 Å². The summed E-state index contributed by atoms with van der Waals surface area (Å²) in [4.78, 5) is 23.5. The van der Waals surface area contributed by atoms with Gasteiger partial charge in [0.25, 0.3) is 5.70 Å². The minimum Gasteiger partial charge on any atom is -0.464 e. The van der Waals surface area contributed by atoms with Crippen LogP contribution in [0.25, 0.3) is 6.08 Å². The third kappa shape index (κ3) is 4.57. The molecule has 7 heteroatoms. The average Bonchev–Trinajstić information content (AvgIpc) is 2.44. The summed E-state index contributed by atoms with van der Waals surface area (Å²) in [6.45, 7) is 1.60. The first kappa shape index (κ1) is 16.6. The van der Waals surface area contributed by atoms with E-state index in [0.29, 0.717) is 5.56 Å². The quantitative estimate of drug-likeness (QED) is 0.483. The standard InChI is InChI=1S/C14H18N2O5/c1-4-21-14(18)13(17)12(16(19)20)9-10-5-7-11(8-6-10)15(2)3/h5-9,13,17H,4H2,1-3H3/b12-9-. The first-order chi connectivity index (χ1) is 9.86. The van der Waals surface area contributed by atoms with Crippen LogP contribution in [0, 0.1) is 10.1 Å². The molecule has 21 heavy (non-hydrogen) atoms. The monoisotopic (exact) mass is 294 g/mol. The highest BCUT2D eigenvalue weighted by Gasteiger charge is 2.30. The second-order valence-electron chi connectivity index (χ2n) is 4.47. The van der Waals surface area contributed by atoms with E-state index < -0.39 is 22.7 Å². The zero-order chi connectivity index (χ0) is 16.0. The predicted molar refractivity (Wildman–Crippen MR) is 78.4 cm³/mol. The Morgan fingerprint density at radius 3 is 2.43 bits per heavy atom. The van der Waals surface area contributed by atoms with Crippen molar-refractivity contribution in [1.82, 2.24) is 0 Å². The van der Waals surface area contributed by atoms with Gasteiger partial charge in [-0.25, -0.2) is 4.79 Å². The summed E-state index contributed by atoms with van der Waals surface area (Å²) in [6.07, 6.45) is -0.755. The number of aliphatic hydroxyl groups is 1. The molecule has 114 valence electrons. The van der Waals surface area contributed by atoms with Gasteiger partial charge in [0.15, 0.2) is 0 Å². The second-order valence-corrected chi connectivity index (χ2v) is 4.47. The van der Waals surface area contributed by atoms with Crippen LogP contribution in [-0.2, 0) is 9.53 Å². The lowest BCUT2D eigenvalue weighted by Crippen LogP contribution is -2.28. The Kier molecular flexibility index (Phi) is 5.86. The van der Waals surface area contributed by atoms with Crippen LogP contribution in [0.5, 0.6) is 0 Å². The van der Waals surface area contributed by atoms with E-state index in [9.17, 15) is 20.0 Å². The smallest absolute Gasteiger partial charge is 0.346 e. The number of nitro groups is 1. The summed E-state index contributed by atoms with van der Waals surface area (Å²) >= 11 is 0. The Labute approximate surface area is 122 Å². The Hall–Kier alpha value is -2.41. The van der Waals surface area contributed by atoms with Gasteiger partial charge in [-0.05, 0) is 24.6 Å². The van der Waals surface area contributed by atoms with E-state index in [-0.39, 0.29) is 6.61 Å². The summed E-state index contributed by atoms with van der Waals surface area (Å²) in [5.74, 6) is -1.04. The van der Waals surface area contributed by atoms with E-state index in [0.717, 1.165) is 11.8 Å². The molecular weight excluding hydrogens is 276 g/mol. The number of hydrogen-bond donors (Lipinski definition) is 1. The van der Waals surface area contributed by atoms with E-state index in [1.807, 2.05) is 19.0 Å². The van der Waals surface area contributed by atoms with E-state index in [1.54, 1.807) is 31.2 Å². The molecule has 0 saturated heterocycles. The number of nitrogens with zero attached hydrogens (tertiary/aromatic N) is 2. The molecule has 0 saturated carbocycles. The Bertz CT molecular complexity index is 537. The molecular formula is C14H18N2O5. The van der Waals surface area contributed by atoms with Crippen molar-refractivity contribution < 1.29 is 19.6 Å². The van der Waals surface area contributed by atoms with Crippen LogP contribution in [0.4, 0.5) is 5.69 Å². The molecule has 1 aromatic rings. The molecule has 0 bridgehead atoms. The lowest BCUT2D eigenvalue weighted by molar-refractivity contribution is -0.432. The molecule has 0 aliphatic heterocycles. The van der Waals surface area contributed by atoms with E-state index >= 15 is 0 Å². The number of hydrogen-bond acceptors (Lipinski definition) is 6. The molecule has 0 amide bonds.